The van der Waals surface area contributed by atoms with Crippen molar-refractivity contribution in [3.05, 3.63) is 11.7 Å². The monoisotopic (exact) mass is 238 g/mol. The van der Waals surface area contributed by atoms with Crippen molar-refractivity contribution in [2.75, 3.05) is 13.1 Å². The van der Waals surface area contributed by atoms with Crippen molar-refractivity contribution in [1.82, 2.24) is 15.0 Å². The van der Waals surface area contributed by atoms with E-state index in [1.807, 2.05) is 0 Å². The van der Waals surface area contributed by atoms with Crippen molar-refractivity contribution < 1.29 is 4.52 Å². The lowest BCUT2D eigenvalue weighted by Gasteiger charge is -2.36. The fourth-order valence-corrected chi connectivity index (χ4v) is 2.48. The number of nitrogens with two attached hydrogens (primary N) is 1. The standard InChI is InChI=1S/C12H22N4O/c1-9(2)16-8-4-3-5-10(16)12-14-11(6-7-13)17-15-12/h9-10H,3-8,13H2,1-2H3. The van der Waals surface area contributed by atoms with Crippen molar-refractivity contribution >= 4 is 0 Å². The Morgan fingerprint density at radius 2 is 2.29 bits per heavy atom. The highest BCUT2D eigenvalue weighted by atomic mass is 16.5. The molecular formula is C12H22N4O. The lowest BCUT2D eigenvalue weighted by atomic mass is 10.00. The quantitative estimate of drug-likeness (QED) is 0.861. The Hall–Kier alpha value is -0.940. The molecule has 2 N–H and O–H groups in total. The Kier molecular flexibility index (Phi) is 4.12. The van der Waals surface area contributed by atoms with E-state index in [0.717, 1.165) is 18.8 Å². The summed E-state index contributed by atoms with van der Waals surface area (Å²) in [5.74, 6) is 1.50. The molecule has 5 heteroatoms. The zero-order chi connectivity index (χ0) is 12.3. The number of nitrogens with zero attached hydrogens (tertiary/aromatic N) is 3. The molecule has 0 amide bonds. The number of hydrogen-bond acceptors (Lipinski definition) is 5. The van der Waals surface area contributed by atoms with Crippen LogP contribution >= 0.6 is 0 Å². The van der Waals surface area contributed by atoms with Gasteiger partial charge in [-0.25, -0.2) is 0 Å². The molecule has 1 saturated heterocycles. The molecule has 2 heterocycles. The van der Waals surface area contributed by atoms with Crippen LogP contribution in [-0.4, -0.2) is 34.2 Å². The van der Waals surface area contributed by atoms with Crippen LogP contribution in [0.2, 0.25) is 0 Å². The molecule has 5 nitrogen and oxygen atoms in total. The summed E-state index contributed by atoms with van der Waals surface area (Å²) in [5.41, 5.74) is 5.49. The molecule has 0 spiro atoms. The average molecular weight is 238 g/mol. The van der Waals surface area contributed by atoms with E-state index in [9.17, 15) is 0 Å². The maximum atomic E-state index is 5.49. The first-order valence-electron chi connectivity index (χ1n) is 6.50. The van der Waals surface area contributed by atoms with Gasteiger partial charge in [0.1, 0.15) is 0 Å². The lowest BCUT2D eigenvalue weighted by Crippen LogP contribution is -2.39. The summed E-state index contributed by atoms with van der Waals surface area (Å²) in [6, 6.07) is 0.843. The SMILES string of the molecule is CC(C)N1CCCCC1c1noc(CCN)n1. The minimum Gasteiger partial charge on any atom is -0.339 e. The van der Waals surface area contributed by atoms with Gasteiger partial charge in [-0.1, -0.05) is 11.6 Å². The van der Waals surface area contributed by atoms with E-state index in [-0.39, 0.29) is 0 Å². The van der Waals surface area contributed by atoms with Crippen molar-refractivity contribution in [3.63, 3.8) is 0 Å². The van der Waals surface area contributed by atoms with Gasteiger partial charge in [0.05, 0.1) is 6.04 Å². The van der Waals surface area contributed by atoms with Gasteiger partial charge in [-0.2, -0.15) is 4.98 Å². The number of likely N-dealkylation sites (tertiary alicyclic amines) is 1. The highest BCUT2D eigenvalue weighted by molar-refractivity contribution is 4.98. The van der Waals surface area contributed by atoms with Crippen LogP contribution in [-0.2, 0) is 6.42 Å². The van der Waals surface area contributed by atoms with Crippen molar-refractivity contribution in [1.29, 1.82) is 0 Å². The normalized spacial score (nSPS) is 22.2. The molecule has 2 rings (SSSR count). The Bertz CT molecular complexity index is 350. The molecule has 17 heavy (non-hydrogen) atoms. The van der Waals surface area contributed by atoms with Crippen LogP contribution in [0.5, 0.6) is 0 Å². The summed E-state index contributed by atoms with van der Waals surface area (Å²) in [5, 5.41) is 4.11. The number of aromatic nitrogens is 2. The Morgan fingerprint density at radius 3 is 3.00 bits per heavy atom. The van der Waals surface area contributed by atoms with Gasteiger partial charge in [0.25, 0.3) is 0 Å². The third kappa shape index (κ3) is 2.84. The zero-order valence-corrected chi connectivity index (χ0v) is 10.7. The molecule has 1 aromatic heterocycles. The fourth-order valence-electron chi connectivity index (χ4n) is 2.48. The second-order valence-electron chi connectivity index (χ2n) is 4.93. The second kappa shape index (κ2) is 5.60. The van der Waals surface area contributed by atoms with Crippen LogP contribution < -0.4 is 5.73 Å². The van der Waals surface area contributed by atoms with Gasteiger partial charge in [0.2, 0.25) is 5.89 Å². The largest absolute Gasteiger partial charge is 0.339 e. The first-order valence-corrected chi connectivity index (χ1v) is 6.50. The molecule has 0 bridgehead atoms. The van der Waals surface area contributed by atoms with Crippen LogP contribution in [0.15, 0.2) is 4.52 Å². The maximum absolute atomic E-state index is 5.49. The van der Waals surface area contributed by atoms with E-state index >= 15 is 0 Å². The first-order chi connectivity index (χ1) is 8.22. The molecule has 1 aromatic rings. The van der Waals surface area contributed by atoms with Gasteiger partial charge in [-0.3, -0.25) is 4.90 Å². The van der Waals surface area contributed by atoms with Crippen molar-refractivity contribution in [3.8, 4) is 0 Å². The summed E-state index contributed by atoms with van der Waals surface area (Å²) in [6.45, 7) is 6.13. The number of rotatable bonds is 4. The maximum Gasteiger partial charge on any atom is 0.227 e. The Morgan fingerprint density at radius 1 is 1.47 bits per heavy atom. The van der Waals surface area contributed by atoms with Gasteiger partial charge in [0, 0.05) is 19.0 Å². The highest BCUT2D eigenvalue weighted by Gasteiger charge is 2.29. The van der Waals surface area contributed by atoms with Gasteiger partial charge >= 0.3 is 0 Å². The fraction of sp³-hybridized carbons (Fsp3) is 0.833. The smallest absolute Gasteiger partial charge is 0.227 e. The molecule has 0 radical (unpaired) electrons. The predicted molar refractivity (Wildman–Crippen MR) is 65.5 cm³/mol. The average Bonchev–Trinajstić information content (AvgIpc) is 2.78. The topological polar surface area (TPSA) is 68.2 Å². The van der Waals surface area contributed by atoms with E-state index in [4.69, 9.17) is 10.3 Å². The van der Waals surface area contributed by atoms with Crippen LogP contribution in [0.25, 0.3) is 0 Å². The molecule has 1 aliphatic rings. The molecule has 0 aromatic carbocycles. The summed E-state index contributed by atoms with van der Waals surface area (Å²) in [7, 11) is 0. The van der Waals surface area contributed by atoms with Gasteiger partial charge in [-0.05, 0) is 33.2 Å². The van der Waals surface area contributed by atoms with E-state index in [1.54, 1.807) is 0 Å². The number of piperidine rings is 1. The molecule has 96 valence electrons. The third-order valence-electron chi connectivity index (χ3n) is 3.35. The number of hydrogen-bond donors (Lipinski definition) is 1. The van der Waals surface area contributed by atoms with Crippen LogP contribution in [0.1, 0.15) is 50.9 Å². The van der Waals surface area contributed by atoms with Crippen molar-refractivity contribution in [2.45, 2.75) is 51.6 Å². The molecular weight excluding hydrogens is 216 g/mol. The van der Waals surface area contributed by atoms with E-state index < -0.39 is 0 Å². The summed E-state index contributed by atoms with van der Waals surface area (Å²) in [4.78, 5) is 6.92. The van der Waals surface area contributed by atoms with Crippen LogP contribution in [0, 0.1) is 0 Å². The van der Waals surface area contributed by atoms with Crippen LogP contribution in [0.3, 0.4) is 0 Å². The summed E-state index contributed by atoms with van der Waals surface area (Å²) >= 11 is 0. The Labute approximate surface area is 102 Å². The molecule has 1 unspecified atom stereocenters. The minimum atomic E-state index is 0.319. The lowest BCUT2D eigenvalue weighted by molar-refractivity contribution is 0.104. The predicted octanol–water partition coefficient (Wildman–Crippen LogP) is 1.51. The van der Waals surface area contributed by atoms with Gasteiger partial charge in [0.15, 0.2) is 5.82 Å². The first kappa shape index (κ1) is 12.5. The molecule has 0 aliphatic carbocycles. The zero-order valence-electron chi connectivity index (χ0n) is 10.7. The second-order valence-corrected chi connectivity index (χ2v) is 4.93. The third-order valence-corrected chi connectivity index (χ3v) is 3.35. The molecule has 0 saturated carbocycles. The van der Waals surface area contributed by atoms with E-state index in [2.05, 4.69) is 28.9 Å². The highest BCUT2D eigenvalue weighted by Crippen LogP contribution is 2.30. The minimum absolute atomic E-state index is 0.319. The molecule has 1 aliphatic heterocycles. The Balaban J connectivity index is 2.11. The summed E-state index contributed by atoms with van der Waals surface area (Å²) < 4.78 is 5.22. The molecule has 1 atom stereocenters. The molecule has 1 fully saturated rings. The van der Waals surface area contributed by atoms with Gasteiger partial charge < -0.3 is 10.3 Å². The van der Waals surface area contributed by atoms with Crippen molar-refractivity contribution in [2.24, 2.45) is 5.73 Å². The van der Waals surface area contributed by atoms with E-state index in [0.29, 0.717) is 30.9 Å². The van der Waals surface area contributed by atoms with E-state index in [1.165, 1.54) is 12.8 Å². The van der Waals surface area contributed by atoms with Gasteiger partial charge in [-0.15, -0.1) is 0 Å². The van der Waals surface area contributed by atoms with Crippen LogP contribution in [0.4, 0.5) is 0 Å². The summed E-state index contributed by atoms with van der Waals surface area (Å²) in [6.07, 6.45) is 4.30.